The van der Waals surface area contributed by atoms with Crippen LogP contribution in [0.3, 0.4) is 0 Å². The summed E-state index contributed by atoms with van der Waals surface area (Å²) in [7, 11) is -1.50. The highest BCUT2D eigenvalue weighted by atomic mass is 32.2. The Morgan fingerprint density at radius 3 is 2.54 bits per heavy atom. The molecule has 0 radical (unpaired) electrons. The maximum atomic E-state index is 13.4. The second-order valence-electron chi connectivity index (χ2n) is 9.80. The number of pyridine rings is 1. The standard InChI is InChI=1S/C30H30N4O11S/c1-33-28(30(37)32-25-11-5-7-17-31-25)29(21-9-3-4-10-24(21)46(33,40)41)45-27(36)16-14-20-13-15-22(23(19-20)42-2)44-26(35)12-6-8-18-43-34(38)39/h3-5,7,9-11,13-17,19,28-29H,6,8,12,18H2,1-2H3,(H,31,32,37)/b16-14+. The molecule has 0 bridgehead atoms. The SMILES string of the molecule is COc1cc(/C=C/C(=O)OC2c3ccccc3S(=O)(=O)N(C)C2C(=O)Nc2ccccn2)ccc1OC(=O)CCCCO[N+](=O)[O-]. The average Bonchev–Trinajstić information content (AvgIpc) is 3.03. The Morgan fingerprint density at radius 1 is 1.07 bits per heavy atom. The van der Waals surface area contributed by atoms with Crippen molar-refractivity contribution in [1.82, 2.24) is 9.29 Å². The number of nitrogens with zero attached hydrogens (tertiary/aromatic N) is 3. The van der Waals surface area contributed by atoms with E-state index in [0.29, 0.717) is 18.4 Å². The molecule has 3 aromatic rings. The number of fused-ring (bicyclic) bond motifs is 1. The van der Waals surface area contributed by atoms with Gasteiger partial charge in [-0.15, -0.1) is 10.1 Å². The van der Waals surface area contributed by atoms with Crippen LogP contribution in [0.5, 0.6) is 11.5 Å². The van der Waals surface area contributed by atoms with Crippen LogP contribution in [0.2, 0.25) is 0 Å². The smallest absolute Gasteiger partial charge is 0.331 e. The average molecular weight is 655 g/mol. The van der Waals surface area contributed by atoms with Crippen LogP contribution in [-0.4, -0.2) is 67.4 Å². The third-order valence-corrected chi connectivity index (χ3v) is 8.70. The molecular formula is C30H30N4O11S. The highest BCUT2D eigenvalue weighted by Gasteiger charge is 2.48. The number of likely N-dealkylation sites (N-methyl/N-ethyl adjacent to an activating group) is 1. The Balaban J connectivity index is 1.48. The minimum absolute atomic E-state index is 0.000609. The van der Waals surface area contributed by atoms with Crippen LogP contribution < -0.4 is 14.8 Å². The molecule has 0 saturated heterocycles. The molecule has 4 rings (SSSR count). The molecule has 0 aliphatic carbocycles. The maximum Gasteiger partial charge on any atom is 0.331 e. The number of hydrogen-bond donors (Lipinski definition) is 1. The van der Waals surface area contributed by atoms with E-state index in [1.807, 2.05) is 0 Å². The van der Waals surface area contributed by atoms with Crippen molar-refractivity contribution in [3.8, 4) is 11.5 Å². The summed E-state index contributed by atoms with van der Waals surface area (Å²) in [6.07, 6.45) is 3.28. The van der Waals surface area contributed by atoms with Gasteiger partial charge < -0.3 is 24.4 Å². The Kier molecular flexibility index (Phi) is 11.0. The van der Waals surface area contributed by atoms with Crippen molar-refractivity contribution in [3.05, 3.63) is 94.2 Å². The molecule has 1 N–H and O–H groups in total. The third-order valence-electron chi connectivity index (χ3n) is 6.78. The number of esters is 2. The second-order valence-corrected chi connectivity index (χ2v) is 11.8. The first-order valence-corrected chi connectivity index (χ1v) is 15.3. The molecule has 1 amide bonds. The number of amides is 1. The van der Waals surface area contributed by atoms with Crippen LogP contribution in [0, 0.1) is 10.1 Å². The highest BCUT2D eigenvalue weighted by molar-refractivity contribution is 7.89. The van der Waals surface area contributed by atoms with Crippen molar-refractivity contribution >= 4 is 39.8 Å². The van der Waals surface area contributed by atoms with Crippen molar-refractivity contribution in [2.45, 2.75) is 36.3 Å². The number of sulfonamides is 1. The summed E-state index contributed by atoms with van der Waals surface area (Å²) in [6, 6.07) is 13.9. The van der Waals surface area contributed by atoms with Gasteiger partial charge in [0, 0.05) is 31.3 Å². The number of hydrogen-bond acceptors (Lipinski definition) is 12. The molecule has 242 valence electrons. The molecular weight excluding hydrogens is 624 g/mol. The fourth-order valence-corrected chi connectivity index (χ4v) is 6.12. The minimum Gasteiger partial charge on any atom is -0.493 e. The van der Waals surface area contributed by atoms with Gasteiger partial charge >= 0.3 is 11.9 Å². The number of aromatic nitrogens is 1. The molecule has 16 heteroatoms. The highest BCUT2D eigenvalue weighted by Crippen LogP contribution is 2.38. The van der Waals surface area contributed by atoms with E-state index in [-0.39, 0.29) is 40.8 Å². The summed E-state index contributed by atoms with van der Waals surface area (Å²) < 4.78 is 43.8. The van der Waals surface area contributed by atoms with E-state index in [2.05, 4.69) is 15.1 Å². The Hall–Kier alpha value is -5.35. The Labute approximate surface area is 263 Å². The van der Waals surface area contributed by atoms with Crippen molar-refractivity contribution in [2.24, 2.45) is 0 Å². The zero-order chi connectivity index (χ0) is 33.3. The number of anilines is 1. The summed E-state index contributed by atoms with van der Waals surface area (Å²) >= 11 is 0. The van der Waals surface area contributed by atoms with E-state index in [4.69, 9.17) is 14.2 Å². The van der Waals surface area contributed by atoms with E-state index < -0.39 is 45.1 Å². The largest absolute Gasteiger partial charge is 0.493 e. The van der Waals surface area contributed by atoms with Gasteiger partial charge in [0.1, 0.15) is 11.9 Å². The molecule has 2 unspecified atom stereocenters. The number of ether oxygens (including phenoxy) is 3. The Morgan fingerprint density at radius 2 is 1.83 bits per heavy atom. The van der Waals surface area contributed by atoms with Crippen LogP contribution in [0.1, 0.15) is 36.5 Å². The van der Waals surface area contributed by atoms with Crippen LogP contribution in [0.25, 0.3) is 6.08 Å². The summed E-state index contributed by atoms with van der Waals surface area (Å²) in [5.41, 5.74) is 0.611. The molecule has 2 aromatic carbocycles. The molecule has 2 heterocycles. The monoisotopic (exact) mass is 654 g/mol. The van der Waals surface area contributed by atoms with Crippen molar-refractivity contribution in [1.29, 1.82) is 0 Å². The van der Waals surface area contributed by atoms with Crippen LogP contribution in [-0.2, 0) is 34.0 Å². The fourth-order valence-electron chi connectivity index (χ4n) is 4.57. The van der Waals surface area contributed by atoms with E-state index in [0.717, 1.165) is 10.4 Å². The first-order chi connectivity index (χ1) is 22.0. The summed E-state index contributed by atoms with van der Waals surface area (Å²) in [5, 5.41) is 11.9. The van der Waals surface area contributed by atoms with Crippen LogP contribution in [0.15, 0.2) is 77.8 Å². The van der Waals surface area contributed by atoms with Gasteiger partial charge in [-0.25, -0.2) is 18.2 Å². The molecule has 15 nitrogen and oxygen atoms in total. The van der Waals surface area contributed by atoms with E-state index in [9.17, 15) is 32.9 Å². The van der Waals surface area contributed by atoms with Gasteiger partial charge in [0.05, 0.1) is 18.6 Å². The molecule has 0 fully saturated rings. The molecule has 46 heavy (non-hydrogen) atoms. The zero-order valence-electron chi connectivity index (χ0n) is 24.7. The number of methoxy groups -OCH3 is 1. The van der Waals surface area contributed by atoms with Gasteiger partial charge in [0.15, 0.2) is 17.6 Å². The lowest BCUT2D eigenvalue weighted by Crippen LogP contribution is -2.52. The lowest BCUT2D eigenvalue weighted by Gasteiger charge is -2.37. The van der Waals surface area contributed by atoms with Crippen molar-refractivity contribution in [3.63, 3.8) is 0 Å². The third kappa shape index (κ3) is 8.22. The number of unbranched alkanes of at least 4 members (excludes halogenated alkanes) is 1. The normalized spacial score (nSPS) is 17.0. The van der Waals surface area contributed by atoms with Gasteiger partial charge in [-0.3, -0.25) is 9.59 Å². The molecule has 1 aliphatic heterocycles. The number of nitrogens with one attached hydrogen (secondary N) is 1. The maximum absolute atomic E-state index is 13.4. The van der Waals surface area contributed by atoms with Gasteiger partial charge in [-0.2, -0.15) is 4.31 Å². The van der Waals surface area contributed by atoms with Gasteiger partial charge in [0.25, 0.3) is 5.09 Å². The van der Waals surface area contributed by atoms with Crippen molar-refractivity contribution < 1.29 is 46.9 Å². The summed E-state index contributed by atoms with van der Waals surface area (Å²) in [6.45, 7) is -0.130. The first kappa shape index (κ1) is 33.5. The number of rotatable bonds is 13. The minimum atomic E-state index is -4.10. The van der Waals surface area contributed by atoms with E-state index in [1.54, 1.807) is 24.3 Å². The summed E-state index contributed by atoms with van der Waals surface area (Å²) in [5.74, 6) is -1.68. The van der Waals surface area contributed by atoms with Crippen molar-refractivity contribution in [2.75, 3.05) is 26.1 Å². The zero-order valence-corrected chi connectivity index (χ0v) is 25.5. The predicted molar refractivity (Wildman–Crippen MR) is 161 cm³/mol. The van der Waals surface area contributed by atoms with E-state index in [1.165, 1.54) is 62.8 Å². The lowest BCUT2D eigenvalue weighted by atomic mass is 10.0. The molecule has 0 saturated carbocycles. The predicted octanol–water partition coefficient (Wildman–Crippen LogP) is 3.31. The fraction of sp³-hybridized carbons (Fsp3) is 0.267. The molecule has 1 aromatic heterocycles. The van der Waals surface area contributed by atoms with Gasteiger partial charge in [0.2, 0.25) is 15.9 Å². The Bertz CT molecular complexity index is 1730. The van der Waals surface area contributed by atoms with Gasteiger partial charge in [-0.05, 0) is 54.8 Å². The van der Waals surface area contributed by atoms with Gasteiger partial charge in [-0.1, -0.05) is 30.3 Å². The molecule has 1 aliphatic rings. The number of benzene rings is 2. The van der Waals surface area contributed by atoms with E-state index >= 15 is 0 Å². The van der Waals surface area contributed by atoms with Crippen LogP contribution >= 0.6 is 0 Å². The molecule has 2 atom stereocenters. The first-order valence-electron chi connectivity index (χ1n) is 13.8. The number of carbonyl (C=O) groups excluding carboxylic acids is 3. The summed E-state index contributed by atoms with van der Waals surface area (Å²) in [4.78, 5) is 57.0. The number of carbonyl (C=O) groups is 3. The topological polar surface area (TPSA) is 194 Å². The molecule has 0 spiro atoms. The lowest BCUT2D eigenvalue weighted by molar-refractivity contribution is -0.757. The second kappa shape index (κ2) is 15.1. The quantitative estimate of drug-likeness (QED) is 0.0707. The van der Waals surface area contributed by atoms with Crippen LogP contribution in [0.4, 0.5) is 5.82 Å².